The Hall–Kier alpha value is -4.22. The first-order chi connectivity index (χ1) is 34.6. The Balaban J connectivity index is 3.59. The molecule has 70 heavy (non-hydrogen) atoms. The number of hydrogen-bond donors (Lipinski definition) is 1. The largest absolute Gasteiger partial charge is 0.462 e. The minimum Gasteiger partial charge on any atom is -0.462 e. The Morgan fingerprint density at radius 2 is 0.571 bits per heavy atom. The van der Waals surface area contributed by atoms with Crippen molar-refractivity contribution in [1.82, 2.24) is 0 Å². The van der Waals surface area contributed by atoms with Gasteiger partial charge in [0.1, 0.15) is 6.61 Å². The molecular weight excluding hydrogens is 861 g/mol. The molecule has 0 aliphatic heterocycles. The fourth-order valence-corrected chi connectivity index (χ4v) is 7.44. The fraction of sp³-hybridized carbons (Fsp3) is 0.600. The summed E-state index contributed by atoms with van der Waals surface area (Å²) in [4.78, 5) is 24.5. The van der Waals surface area contributed by atoms with Gasteiger partial charge in [0, 0.05) is 12.8 Å². The van der Waals surface area contributed by atoms with Gasteiger partial charge in [-0.05, 0) is 116 Å². The summed E-state index contributed by atoms with van der Waals surface area (Å²) in [5.74, 6) is -0.615. The molecule has 0 aromatic heterocycles. The van der Waals surface area contributed by atoms with Crippen LogP contribution in [0.4, 0.5) is 0 Å². The summed E-state index contributed by atoms with van der Waals surface area (Å²) in [6, 6.07) is 0. The van der Waals surface area contributed by atoms with E-state index < -0.39 is 6.10 Å². The molecule has 394 valence electrons. The molecule has 0 amide bonds. The Morgan fingerprint density at radius 1 is 0.329 bits per heavy atom. The van der Waals surface area contributed by atoms with Gasteiger partial charge in [0.2, 0.25) is 0 Å². The number of carbonyl (C=O) groups is 2. The number of hydrogen-bond acceptors (Lipinski definition) is 5. The molecule has 1 unspecified atom stereocenters. The summed E-state index contributed by atoms with van der Waals surface area (Å²) in [5.41, 5.74) is 0. The molecule has 0 fully saturated rings. The zero-order chi connectivity index (χ0) is 50.6. The molecule has 0 rings (SSSR count). The predicted molar refractivity (Wildman–Crippen MR) is 306 cm³/mol. The fourth-order valence-electron chi connectivity index (χ4n) is 7.44. The molecule has 1 N–H and O–H groups in total. The van der Waals surface area contributed by atoms with Crippen molar-refractivity contribution in [2.75, 3.05) is 13.2 Å². The Labute approximate surface area is 431 Å². The molecule has 0 saturated heterocycles. The van der Waals surface area contributed by atoms with Crippen LogP contribution in [0.1, 0.15) is 232 Å². The van der Waals surface area contributed by atoms with Gasteiger partial charge in [-0.3, -0.25) is 9.59 Å². The second kappa shape index (κ2) is 59.1. The number of aliphatic hydroxyl groups excluding tert-OH is 1. The summed E-state index contributed by atoms with van der Waals surface area (Å²) in [6.07, 6.45) is 89.5. The van der Waals surface area contributed by atoms with Gasteiger partial charge >= 0.3 is 11.9 Å². The number of esters is 2. The van der Waals surface area contributed by atoms with Gasteiger partial charge in [-0.1, -0.05) is 250 Å². The molecule has 5 heteroatoms. The van der Waals surface area contributed by atoms with Gasteiger partial charge in [0.25, 0.3) is 0 Å². The third kappa shape index (κ3) is 56.4. The summed E-state index contributed by atoms with van der Waals surface area (Å²) >= 11 is 0. The van der Waals surface area contributed by atoms with Gasteiger partial charge in [-0.15, -0.1) is 0 Å². The van der Waals surface area contributed by atoms with Crippen molar-refractivity contribution in [2.45, 2.75) is 238 Å². The van der Waals surface area contributed by atoms with E-state index in [0.29, 0.717) is 12.8 Å². The molecule has 0 spiro atoms. The van der Waals surface area contributed by atoms with Crippen molar-refractivity contribution in [1.29, 1.82) is 0 Å². The van der Waals surface area contributed by atoms with Crippen LogP contribution >= 0.6 is 0 Å². The van der Waals surface area contributed by atoms with Crippen LogP contribution in [-0.4, -0.2) is 36.4 Å². The number of carbonyl (C=O) groups excluding carboxylic acids is 2. The monoisotopic (exact) mass is 965 g/mol. The summed E-state index contributed by atoms with van der Waals surface area (Å²) in [5, 5.41) is 9.66. The average molecular weight is 966 g/mol. The van der Waals surface area contributed by atoms with E-state index in [9.17, 15) is 14.7 Å². The maximum absolute atomic E-state index is 12.3. The van der Waals surface area contributed by atoms with E-state index in [-0.39, 0.29) is 25.2 Å². The summed E-state index contributed by atoms with van der Waals surface area (Å²) < 4.78 is 10.7. The van der Waals surface area contributed by atoms with Crippen molar-refractivity contribution in [3.63, 3.8) is 0 Å². The van der Waals surface area contributed by atoms with Crippen LogP contribution in [0.15, 0.2) is 146 Å². The quantitative estimate of drug-likeness (QED) is 0.0374. The molecule has 0 radical (unpaired) electrons. The second-order valence-corrected chi connectivity index (χ2v) is 18.2. The third-order valence-corrected chi connectivity index (χ3v) is 11.6. The first-order valence-electron chi connectivity index (χ1n) is 28.4. The maximum atomic E-state index is 12.3. The number of allylic oxidation sites excluding steroid dienone is 24. The number of rotatable bonds is 50. The van der Waals surface area contributed by atoms with Gasteiger partial charge < -0.3 is 14.6 Å². The minimum absolute atomic E-state index is 0.0812. The van der Waals surface area contributed by atoms with Crippen molar-refractivity contribution >= 4 is 11.9 Å². The number of ether oxygens (including phenoxy) is 2. The smallest absolute Gasteiger partial charge is 0.306 e. The van der Waals surface area contributed by atoms with E-state index in [2.05, 4.69) is 160 Å². The zero-order valence-electron chi connectivity index (χ0n) is 45.0. The van der Waals surface area contributed by atoms with Crippen LogP contribution in [0, 0.1) is 0 Å². The van der Waals surface area contributed by atoms with Crippen molar-refractivity contribution < 1.29 is 24.2 Å². The molecule has 5 nitrogen and oxygen atoms in total. The Kier molecular flexibility index (Phi) is 55.5. The van der Waals surface area contributed by atoms with E-state index >= 15 is 0 Å². The molecule has 1 atom stereocenters. The summed E-state index contributed by atoms with van der Waals surface area (Å²) in [7, 11) is 0. The first kappa shape index (κ1) is 65.8. The van der Waals surface area contributed by atoms with E-state index in [1.807, 2.05) is 0 Å². The van der Waals surface area contributed by atoms with E-state index in [0.717, 1.165) is 122 Å². The summed E-state index contributed by atoms with van der Waals surface area (Å²) in [6.45, 7) is 3.90. The standard InChI is InChI=1S/C65H104O5/c1-3-5-7-9-11-13-15-17-19-21-23-25-27-29-31-32-34-36-38-40-42-44-46-48-50-52-54-56-58-60-65(68)70-63(61-66)62-69-64(67)59-57-55-53-51-49-47-45-43-41-39-37-35-33-30-28-26-24-22-20-18-16-14-12-10-8-6-4-2/h5-8,11-14,17-20,23-26,29-31,33-34,36,40,42,63,66H,3-4,9-10,15-16,21-22,27-28,32,35,37-39,41,43-62H2,1-2H3/b7-5-,8-6-,13-11-,14-12-,19-17-,20-18-,25-23-,26-24-,31-29-,33-30-,36-34-,42-40-. The zero-order valence-corrected chi connectivity index (χ0v) is 45.0. The Bertz CT molecular complexity index is 1510. The van der Waals surface area contributed by atoms with E-state index in [1.165, 1.54) is 83.5 Å². The minimum atomic E-state index is -0.792. The van der Waals surface area contributed by atoms with Gasteiger partial charge in [0.05, 0.1) is 6.61 Å². The number of aliphatic hydroxyl groups is 1. The van der Waals surface area contributed by atoms with Gasteiger partial charge in [-0.2, -0.15) is 0 Å². The second-order valence-electron chi connectivity index (χ2n) is 18.2. The van der Waals surface area contributed by atoms with Gasteiger partial charge in [0.15, 0.2) is 6.10 Å². The van der Waals surface area contributed by atoms with Crippen LogP contribution in [0.25, 0.3) is 0 Å². The molecule has 0 heterocycles. The average Bonchev–Trinajstić information content (AvgIpc) is 3.36. The van der Waals surface area contributed by atoms with Crippen LogP contribution in [0.2, 0.25) is 0 Å². The molecular formula is C65H104O5. The normalized spacial score (nSPS) is 13.4. The van der Waals surface area contributed by atoms with Gasteiger partial charge in [-0.25, -0.2) is 0 Å². The van der Waals surface area contributed by atoms with E-state index in [4.69, 9.17) is 9.47 Å². The highest BCUT2D eigenvalue weighted by Gasteiger charge is 2.16. The lowest BCUT2D eigenvalue weighted by Gasteiger charge is -2.15. The molecule has 0 aromatic rings. The van der Waals surface area contributed by atoms with Crippen molar-refractivity contribution in [2.24, 2.45) is 0 Å². The first-order valence-corrected chi connectivity index (χ1v) is 28.4. The molecule has 0 aromatic carbocycles. The van der Waals surface area contributed by atoms with Crippen molar-refractivity contribution in [3.05, 3.63) is 146 Å². The third-order valence-electron chi connectivity index (χ3n) is 11.6. The van der Waals surface area contributed by atoms with Crippen LogP contribution in [0.5, 0.6) is 0 Å². The maximum Gasteiger partial charge on any atom is 0.306 e. The lowest BCUT2D eigenvalue weighted by atomic mass is 10.0. The molecule has 0 aliphatic rings. The number of unbranched alkanes of at least 4 members (excludes halogenated alkanes) is 18. The topological polar surface area (TPSA) is 72.8 Å². The predicted octanol–water partition coefficient (Wildman–Crippen LogP) is 19.4. The lowest BCUT2D eigenvalue weighted by Crippen LogP contribution is -2.28. The van der Waals surface area contributed by atoms with Crippen molar-refractivity contribution in [3.8, 4) is 0 Å². The lowest BCUT2D eigenvalue weighted by molar-refractivity contribution is -0.161. The van der Waals surface area contributed by atoms with Crippen LogP contribution in [0.3, 0.4) is 0 Å². The van der Waals surface area contributed by atoms with Crippen LogP contribution < -0.4 is 0 Å². The van der Waals surface area contributed by atoms with Crippen LogP contribution in [-0.2, 0) is 19.1 Å². The highest BCUT2D eigenvalue weighted by atomic mass is 16.6. The highest BCUT2D eigenvalue weighted by molar-refractivity contribution is 5.70. The Morgan fingerprint density at radius 3 is 0.857 bits per heavy atom. The molecule has 0 bridgehead atoms. The highest BCUT2D eigenvalue weighted by Crippen LogP contribution is 2.14. The molecule has 0 saturated carbocycles. The van der Waals surface area contributed by atoms with E-state index in [1.54, 1.807) is 0 Å². The SMILES string of the molecule is CC/C=C\C/C=C\C/C=C\C/C=C\C/C=C\C/C=C\C/C=C\CCCCCCCCCC(=O)OC(CO)COC(=O)CCCCCCCCCCCCC/C=C\C/C=C\C/C=C\C/C=C\C/C=C\CC. The molecule has 0 aliphatic carbocycles.